The van der Waals surface area contributed by atoms with Crippen LogP contribution in [0, 0.1) is 0 Å². The van der Waals surface area contributed by atoms with Crippen molar-refractivity contribution in [2.45, 2.75) is 221 Å². The van der Waals surface area contributed by atoms with Crippen molar-refractivity contribution in [3.05, 3.63) is 57.3 Å². The smallest absolute Gasteiger partial charge is 0.224 e. The van der Waals surface area contributed by atoms with Crippen LogP contribution in [0.15, 0.2) is 30.0 Å². The Labute approximate surface area is 407 Å². The summed E-state index contributed by atoms with van der Waals surface area (Å²) in [5, 5.41) is 25.6. The molecule has 0 saturated heterocycles. The number of hydrogen-bond acceptors (Lipinski definition) is 7. The van der Waals surface area contributed by atoms with Gasteiger partial charge in [-0.05, 0) is 92.0 Å². The summed E-state index contributed by atoms with van der Waals surface area (Å²) in [5.74, 6) is -1.75. The molecule has 374 valence electrons. The Kier molecular flexibility index (Phi) is 18.7. The fourth-order valence-electron chi connectivity index (χ4n) is 10.5. The lowest BCUT2D eigenvalue weighted by Gasteiger charge is -2.34. The molecule has 2 aromatic carbocycles. The Balaban J connectivity index is 1.51. The van der Waals surface area contributed by atoms with Crippen molar-refractivity contribution in [2.75, 3.05) is 28.6 Å². The van der Waals surface area contributed by atoms with Crippen molar-refractivity contribution in [1.82, 2.24) is 15.2 Å². The lowest BCUT2D eigenvalue weighted by Crippen LogP contribution is -2.42. The molecule has 2 unspecified atom stereocenters. The minimum absolute atomic E-state index is 0.0226. The fourth-order valence-corrected chi connectivity index (χ4v) is 10.5. The molecule has 12 nitrogen and oxygen atoms in total. The van der Waals surface area contributed by atoms with Gasteiger partial charge in [0.15, 0.2) is 6.04 Å². The number of nitrogens with zero attached hydrogens (tertiary/aromatic N) is 2. The van der Waals surface area contributed by atoms with Crippen LogP contribution in [-0.2, 0) is 34.8 Å². The topological polar surface area (TPSA) is 160 Å². The number of unbranched alkanes of at least 4 members (excludes halogenated alkanes) is 10. The number of nitrogens with one attached hydrogen (secondary N) is 4. The van der Waals surface area contributed by atoms with Gasteiger partial charge in [0.25, 0.3) is 0 Å². The Morgan fingerprint density at radius 3 is 1.65 bits per heavy atom. The molecular weight excluding hydrogens is 853 g/mol. The van der Waals surface area contributed by atoms with E-state index in [2.05, 4.69) is 114 Å². The third-order valence-corrected chi connectivity index (χ3v) is 15.1. The summed E-state index contributed by atoms with van der Waals surface area (Å²) in [6.45, 7) is 27.1. The highest BCUT2D eigenvalue weighted by molar-refractivity contribution is 6.52. The molecule has 1 aliphatic carbocycles. The molecule has 0 spiro atoms. The van der Waals surface area contributed by atoms with Crippen LogP contribution in [0.4, 0.5) is 17.1 Å². The highest BCUT2D eigenvalue weighted by Gasteiger charge is 2.48. The van der Waals surface area contributed by atoms with E-state index in [-0.39, 0.29) is 101 Å². The molecule has 4 amide bonds. The van der Waals surface area contributed by atoms with Gasteiger partial charge in [-0.1, -0.05) is 91.9 Å². The van der Waals surface area contributed by atoms with Crippen LogP contribution < -0.4 is 41.3 Å². The highest BCUT2D eigenvalue weighted by Crippen LogP contribution is 2.51. The third kappa shape index (κ3) is 12.0. The predicted octanol–water partition coefficient (Wildman–Crippen LogP) is 9.25. The first-order valence-electron chi connectivity index (χ1n) is 26.1. The van der Waals surface area contributed by atoms with Crippen LogP contribution in [0.5, 0.6) is 0 Å². The Hall–Kier alpha value is -5.00. The number of ketones is 1. The molecule has 0 fully saturated rings. The van der Waals surface area contributed by atoms with Gasteiger partial charge < -0.3 is 31.3 Å². The van der Waals surface area contributed by atoms with Gasteiger partial charge >= 0.3 is 0 Å². The van der Waals surface area contributed by atoms with E-state index >= 15 is 0 Å². The van der Waals surface area contributed by atoms with Gasteiger partial charge in [-0.15, -0.1) is 0 Å². The van der Waals surface area contributed by atoms with Crippen molar-refractivity contribution >= 4 is 57.6 Å². The van der Waals surface area contributed by atoms with E-state index in [0.717, 1.165) is 60.7 Å². The summed E-state index contributed by atoms with van der Waals surface area (Å²) < 4.78 is 2.32. The Morgan fingerprint density at radius 2 is 1.15 bits per heavy atom. The van der Waals surface area contributed by atoms with Crippen molar-refractivity contribution in [1.29, 1.82) is 0 Å². The molecule has 68 heavy (non-hydrogen) atoms. The number of fused-ring (bicyclic) bond motifs is 2. The third-order valence-electron chi connectivity index (χ3n) is 15.1. The average molecular weight is 938 g/mol. The number of carbonyl (C=O) groups excluding carboxylic acids is 5. The number of benzene rings is 2. The molecule has 2 aromatic rings. The molecule has 5 N–H and O–H groups in total. The lowest BCUT2D eigenvalue weighted by atomic mass is 9.76. The standard InChI is InChI=1S/C56H84N6O6/c1-13-15-17-19-21-23-29-57-47(63)25-27-49(65)59-43-33-45-41(55(9,10)37(7)61(45)35(3)4)31-39(43)51-53(67)52(54(51)68)40-32-42-46(62(36(5)6)38(8)56(42,11)12)34-44(40)60-50(66)28-26-48(64)58-30-24-22-20-18-16-14-2/h31-38H,13-30H2,1-12H3,(H4,57,58,59,60,63,64,65,66,67,68)/p+1. The largest absolute Gasteiger partial charge is 0.506 e. The second-order valence-corrected chi connectivity index (χ2v) is 21.4. The molecule has 0 aromatic heterocycles. The zero-order valence-electron chi connectivity index (χ0n) is 43.7. The number of anilines is 3. The molecule has 0 radical (unpaired) electrons. The molecule has 12 heteroatoms. The van der Waals surface area contributed by atoms with Crippen LogP contribution in [0.3, 0.4) is 0 Å². The molecule has 2 aliphatic heterocycles. The summed E-state index contributed by atoms with van der Waals surface area (Å²) >= 11 is 0. The first kappa shape index (κ1) is 53.9. The average Bonchev–Trinajstić information content (AvgIpc) is 3.60. The molecule has 2 heterocycles. The number of carbonyl (C=O) groups is 5. The maximum absolute atomic E-state index is 14.9. The number of allylic oxidation sites excluding steroid dienone is 2. The van der Waals surface area contributed by atoms with Crippen molar-refractivity contribution in [3.8, 4) is 0 Å². The zero-order chi connectivity index (χ0) is 50.1. The second kappa shape index (κ2) is 23.5. The van der Waals surface area contributed by atoms with Gasteiger partial charge in [0, 0.05) is 84.4 Å². The highest BCUT2D eigenvalue weighted by atomic mass is 16.3. The van der Waals surface area contributed by atoms with Gasteiger partial charge in [-0.25, -0.2) is 4.58 Å². The second-order valence-electron chi connectivity index (χ2n) is 21.4. The molecular formula is C56H85N6O6+. The number of aliphatic hydroxyl groups is 1. The van der Waals surface area contributed by atoms with E-state index in [1.807, 2.05) is 24.3 Å². The number of rotatable bonds is 25. The van der Waals surface area contributed by atoms with E-state index in [0.29, 0.717) is 35.2 Å². The molecule has 0 bridgehead atoms. The van der Waals surface area contributed by atoms with Gasteiger partial charge in [0.05, 0.1) is 27.9 Å². The Morgan fingerprint density at radius 1 is 0.647 bits per heavy atom. The summed E-state index contributed by atoms with van der Waals surface area (Å²) in [7, 11) is 0. The van der Waals surface area contributed by atoms with Crippen LogP contribution in [0.2, 0.25) is 0 Å². The first-order chi connectivity index (χ1) is 32.2. The summed E-state index contributed by atoms with van der Waals surface area (Å²) in [4.78, 5) is 70.2. The van der Waals surface area contributed by atoms with Gasteiger partial charge in [0.2, 0.25) is 34.8 Å². The van der Waals surface area contributed by atoms with E-state index < -0.39 is 5.78 Å². The van der Waals surface area contributed by atoms with E-state index in [1.54, 1.807) is 0 Å². The number of amides is 4. The number of aliphatic hydroxyl groups excluding tert-OH is 1. The molecule has 0 saturated carbocycles. The monoisotopic (exact) mass is 938 g/mol. The van der Waals surface area contributed by atoms with Crippen molar-refractivity contribution in [2.24, 2.45) is 0 Å². The van der Waals surface area contributed by atoms with Crippen LogP contribution >= 0.6 is 0 Å². The summed E-state index contributed by atoms with van der Waals surface area (Å²) in [5.41, 5.74) is 3.57. The van der Waals surface area contributed by atoms with Gasteiger partial charge in [-0.3, -0.25) is 24.0 Å². The predicted molar refractivity (Wildman–Crippen MR) is 278 cm³/mol. The van der Waals surface area contributed by atoms with E-state index in [4.69, 9.17) is 0 Å². The summed E-state index contributed by atoms with van der Waals surface area (Å²) in [6.07, 6.45) is 13.4. The first-order valence-corrected chi connectivity index (χ1v) is 26.1. The fraction of sp³-hybridized carbons (Fsp3) is 0.643. The summed E-state index contributed by atoms with van der Waals surface area (Å²) in [6, 6.07) is 8.15. The SMILES string of the molecule is CCCCCCCCNC(=O)CCC(=O)Nc1cc2c(cc1C1=C(O)C(=c3cc4c(cc3NC(=O)CCC(=O)NCCCCCCCC)=[N+](C(C)C)C(C)C4(C)C)C1=O)C(C)(C)C(C)N2C(C)C. The molecule has 2 atom stereocenters. The van der Waals surface area contributed by atoms with Crippen LogP contribution in [0.1, 0.15) is 203 Å². The van der Waals surface area contributed by atoms with E-state index in [1.165, 1.54) is 38.5 Å². The molecule has 3 aliphatic rings. The van der Waals surface area contributed by atoms with Crippen molar-refractivity contribution < 1.29 is 29.1 Å². The number of hydrogen-bond donors (Lipinski definition) is 5. The molecule has 5 rings (SSSR count). The van der Waals surface area contributed by atoms with Crippen LogP contribution in [-0.4, -0.2) is 71.8 Å². The minimum atomic E-state index is -0.411. The van der Waals surface area contributed by atoms with E-state index in [9.17, 15) is 29.1 Å². The van der Waals surface area contributed by atoms with Crippen LogP contribution in [0.25, 0.3) is 11.1 Å². The van der Waals surface area contributed by atoms with Gasteiger partial charge in [-0.2, -0.15) is 0 Å². The number of Topliss-reactive ketones (excluding diaryl/α,β-unsaturated/α-hetero) is 1. The minimum Gasteiger partial charge on any atom is -0.506 e. The quantitative estimate of drug-likeness (QED) is 0.0490. The normalized spacial score (nSPS) is 18.8. The maximum atomic E-state index is 14.9. The Bertz CT molecular complexity index is 2360. The lowest BCUT2D eigenvalue weighted by molar-refractivity contribution is -0.124. The van der Waals surface area contributed by atoms with Crippen molar-refractivity contribution in [3.63, 3.8) is 0 Å². The zero-order valence-corrected chi connectivity index (χ0v) is 43.7. The maximum Gasteiger partial charge on any atom is 0.224 e. The van der Waals surface area contributed by atoms with Gasteiger partial charge in [0.1, 0.15) is 11.8 Å².